The van der Waals surface area contributed by atoms with Crippen LogP contribution >= 0.6 is 0 Å². The molecule has 3 heterocycles. The van der Waals surface area contributed by atoms with E-state index < -0.39 is 6.10 Å². The van der Waals surface area contributed by atoms with Crippen molar-refractivity contribution >= 4 is 28.2 Å². The van der Waals surface area contributed by atoms with Crippen molar-refractivity contribution in [1.29, 1.82) is 0 Å². The summed E-state index contributed by atoms with van der Waals surface area (Å²) in [6.45, 7) is 2.30. The monoisotopic (exact) mass is 493 g/mol. The molecule has 1 atom stereocenters. The number of anilines is 2. The fourth-order valence-corrected chi connectivity index (χ4v) is 5.61. The Morgan fingerprint density at radius 1 is 0.919 bits per heavy atom. The number of carbonyl (C=O) groups excluding carboxylic acids is 1. The minimum Gasteiger partial charge on any atom is -0.490 e. The molecule has 0 radical (unpaired) electrons. The van der Waals surface area contributed by atoms with Crippen LogP contribution in [0.25, 0.3) is 10.9 Å². The molecule has 1 unspecified atom stereocenters. The highest BCUT2D eigenvalue weighted by molar-refractivity contribution is 6.04. The van der Waals surface area contributed by atoms with E-state index in [9.17, 15) is 9.90 Å². The number of para-hydroxylation sites is 2. The zero-order chi connectivity index (χ0) is 25.2. The van der Waals surface area contributed by atoms with Crippen LogP contribution in [0.2, 0.25) is 0 Å². The van der Waals surface area contributed by atoms with Gasteiger partial charge in [0, 0.05) is 30.5 Å². The molecule has 6 rings (SSSR count). The van der Waals surface area contributed by atoms with Gasteiger partial charge in [-0.2, -0.15) is 0 Å². The molecule has 1 aromatic heterocycles. The first-order valence-electron chi connectivity index (χ1n) is 13.0. The van der Waals surface area contributed by atoms with E-state index in [2.05, 4.69) is 34.1 Å². The number of benzene rings is 3. The Balaban J connectivity index is 1.07. The second-order valence-corrected chi connectivity index (χ2v) is 9.97. The molecule has 3 aromatic carbocycles. The minimum atomic E-state index is -0.611. The fraction of sp³-hybridized carbons (Fsp3) is 0.290. The van der Waals surface area contributed by atoms with Gasteiger partial charge >= 0.3 is 0 Å². The molecule has 0 spiro atoms. The summed E-state index contributed by atoms with van der Waals surface area (Å²) >= 11 is 0. The van der Waals surface area contributed by atoms with Crippen LogP contribution in [0.15, 0.2) is 85.1 Å². The molecule has 188 valence electrons. The lowest BCUT2D eigenvalue weighted by Crippen LogP contribution is -2.44. The van der Waals surface area contributed by atoms with Crippen molar-refractivity contribution in [3.63, 3.8) is 0 Å². The number of carbonyl (C=O) groups is 1. The normalized spacial score (nSPS) is 16.7. The summed E-state index contributed by atoms with van der Waals surface area (Å²) in [7, 11) is 0. The number of rotatable bonds is 6. The average Bonchev–Trinajstić information content (AvgIpc) is 2.95. The number of hydrogen-bond acceptors (Lipinski definition) is 5. The Kier molecular flexibility index (Phi) is 6.60. The molecule has 4 aromatic rings. The first kappa shape index (κ1) is 23.6. The van der Waals surface area contributed by atoms with Gasteiger partial charge in [0.1, 0.15) is 18.5 Å². The quantitative estimate of drug-likeness (QED) is 0.412. The van der Waals surface area contributed by atoms with E-state index >= 15 is 0 Å². The minimum absolute atomic E-state index is 0.0351. The summed E-state index contributed by atoms with van der Waals surface area (Å²) < 4.78 is 5.95. The number of β-amino-alcohol motifs (C(OH)–C–C–N with tert-alkyl or cyclic N) is 1. The largest absolute Gasteiger partial charge is 0.490 e. The number of aliphatic hydroxyl groups is 1. The first-order valence-corrected chi connectivity index (χ1v) is 13.0. The molecular weight excluding hydrogens is 462 g/mol. The van der Waals surface area contributed by atoms with Crippen molar-refractivity contribution < 1.29 is 14.6 Å². The number of hydrogen-bond donors (Lipinski definition) is 1. The molecule has 0 saturated carbocycles. The molecule has 6 heteroatoms. The van der Waals surface area contributed by atoms with Crippen molar-refractivity contribution in [1.82, 2.24) is 9.88 Å². The standard InChI is InChI=1S/C31H31N3O3/c35-25(21-37-30-13-5-10-27-26(30)9-6-16-32-27)20-33-17-14-22(15-18-33)31(36)34-28-11-3-1-7-23(28)19-24-8-2-4-12-29(24)34/h1-13,16,22,25,35H,14-15,17-21H2. The highest BCUT2D eigenvalue weighted by Crippen LogP contribution is 2.40. The third-order valence-corrected chi connectivity index (χ3v) is 7.51. The summed E-state index contributed by atoms with van der Waals surface area (Å²) in [5.74, 6) is 0.871. The van der Waals surface area contributed by atoms with Gasteiger partial charge in [-0.05, 0) is 73.5 Å². The second-order valence-electron chi connectivity index (χ2n) is 9.97. The van der Waals surface area contributed by atoms with Crippen LogP contribution in [0, 0.1) is 5.92 Å². The van der Waals surface area contributed by atoms with E-state index in [-0.39, 0.29) is 18.4 Å². The van der Waals surface area contributed by atoms with Crippen LogP contribution in [-0.2, 0) is 11.2 Å². The van der Waals surface area contributed by atoms with E-state index in [1.54, 1.807) is 6.20 Å². The smallest absolute Gasteiger partial charge is 0.234 e. The van der Waals surface area contributed by atoms with Gasteiger partial charge < -0.3 is 14.7 Å². The van der Waals surface area contributed by atoms with Crippen LogP contribution in [0.1, 0.15) is 24.0 Å². The Bertz CT molecular complexity index is 1360. The summed E-state index contributed by atoms with van der Waals surface area (Å²) in [6, 6.07) is 26.1. The maximum atomic E-state index is 13.8. The highest BCUT2D eigenvalue weighted by Gasteiger charge is 2.34. The zero-order valence-corrected chi connectivity index (χ0v) is 20.8. The van der Waals surface area contributed by atoms with Crippen LogP contribution in [0.3, 0.4) is 0 Å². The van der Waals surface area contributed by atoms with Gasteiger partial charge in [0.15, 0.2) is 0 Å². The Hall–Kier alpha value is -3.74. The van der Waals surface area contributed by atoms with E-state index in [1.165, 1.54) is 11.1 Å². The predicted octanol–water partition coefficient (Wildman–Crippen LogP) is 4.96. The molecule has 1 N–H and O–H groups in total. The van der Waals surface area contributed by atoms with Crippen molar-refractivity contribution in [3.8, 4) is 5.75 Å². The SMILES string of the molecule is O=C(C1CCN(CC(O)COc2cccc3ncccc23)CC1)N1c2ccccc2Cc2ccccc21. The Morgan fingerprint density at radius 3 is 2.35 bits per heavy atom. The summed E-state index contributed by atoms with van der Waals surface area (Å²) in [5, 5.41) is 11.6. The zero-order valence-electron chi connectivity index (χ0n) is 20.8. The van der Waals surface area contributed by atoms with E-state index in [0.29, 0.717) is 6.54 Å². The van der Waals surface area contributed by atoms with Gasteiger partial charge in [-0.1, -0.05) is 42.5 Å². The molecule has 6 nitrogen and oxygen atoms in total. The maximum absolute atomic E-state index is 13.8. The van der Waals surface area contributed by atoms with Crippen molar-refractivity contribution in [2.45, 2.75) is 25.4 Å². The highest BCUT2D eigenvalue weighted by atomic mass is 16.5. The van der Waals surface area contributed by atoms with Crippen molar-refractivity contribution in [3.05, 3.63) is 96.2 Å². The van der Waals surface area contributed by atoms with Gasteiger partial charge in [0.25, 0.3) is 0 Å². The molecule has 0 aliphatic carbocycles. The molecule has 0 bridgehead atoms. The van der Waals surface area contributed by atoms with Crippen LogP contribution in [0.5, 0.6) is 5.75 Å². The average molecular weight is 494 g/mol. The van der Waals surface area contributed by atoms with Gasteiger partial charge in [-0.3, -0.25) is 14.7 Å². The molecular formula is C31H31N3O3. The fourth-order valence-electron chi connectivity index (χ4n) is 5.61. The van der Waals surface area contributed by atoms with Crippen LogP contribution in [-0.4, -0.2) is 53.2 Å². The lowest BCUT2D eigenvalue weighted by Gasteiger charge is -2.37. The summed E-state index contributed by atoms with van der Waals surface area (Å²) in [4.78, 5) is 22.3. The van der Waals surface area contributed by atoms with E-state index in [1.807, 2.05) is 59.5 Å². The lowest BCUT2D eigenvalue weighted by atomic mass is 9.91. The molecule has 1 saturated heterocycles. The number of fused-ring (bicyclic) bond motifs is 3. The number of ether oxygens (including phenoxy) is 1. The number of aromatic nitrogens is 1. The van der Waals surface area contributed by atoms with E-state index in [4.69, 9.17) is 4.74 Å². The lowest BCUT2D eigenvalue weighted by molar-refractivity contribution is -0.123. The summed E-state index contributed by atoms with van der Waals surface area (Å²) in [5.41, 5.74) is 5.27. The Labute approximate surface area is 217 Å². The van der Waals surface area contributed by atoms with Crippen LogP contribution in [0.4, 0.5) is 11.4 Å². The molecule has 2 aliphatic heterocycles. The number of likely N-dealkylation sites (tertiary alicyclic amines) is 1. The molecule has 1 amide bonds. The molecule has 2 aliphatic rings. The third kappa shape index (κ3) is 4.82. The van der Waals surface area contributed by atoms with E-state index in [0.717, 1.165) is 60.4 Å². The number of piperidine rings is 1. The third-order valence-electron chi connectivity index (χ3n) is 7.51. The van der Waals surface area contributed by atoms with Gasteiger partial charge in [0.2, 0.25) is 5.91 Å². The summed E-state index contributed by atoms with van der Waals surface area (Å²) in [6.07, 6.45) is 3.56. The van der Waals surface area contributed by atoms with Crippen molar-refractivity contribution in [2.75, 3.05) is 31.1 Å². The predicted molar refractivity (Wildman–Crippen MR) is 145 cm³/mol. The topological polar surface area (TPSA) is 65.9 Å². The number of aliphatic hydroxyl groups excluding tert-OH is 1. The molecule has 37 heavy (non-hydrogen) atoms. The number of amides is 1. The van der Waals surface area contributed by atoms with Gasteiger partial charge in [-0.25, -0.2) is 0 Å². The molecule has 1 fully saturated rings. The second kappa shape index (κ2) is 10.3. The van der Waals surface area contributed by atoms with Gasteiger partial charge in [-0.15, -0.1) is 0 Å². The van der Waals surface area contributed by atoms with Crippen molar-refractivity contribution in [2.24, 2.45) is 5.92 Å². The van der Waals surface area contributed by atoms with Crippen LogP contribution < -0.4 is 9.64 Å². The maximum Gasteiger partial charge on any atom is 0.234 e. The first-order chi connectivity index (χ1) is 18.2. The number of nitrogens with zero attached hydrogens (tertiary/aromatic N) is 3. The van der Waals surface area contributed by atoms with Gasteiger partial charge in [0.05, 0.1) is 16.9 Å². The Morgan fingerprint density at radius 2 is 1.62 bits per heavy atom. The number of pyridine rings is 1.